The Hall–Kier alpha value is -1.91. The van der Waals surface area contributed by atoms with Crippen molar-refractivity contribution in [1.82, 2.24) is 0 Å². The first-order valence-electron chi connectivity index (χ1n) is 9.46. The lowest BCUT2D eigenvalue weighted by Crippen LogP contribution is -2.46. The van der Waals surface area contributed by atoms with Gasteiger partial charge in [-0.3, -0.25) is 13.2 Å². The SMILES string of the molecule is CCOP(=O)(OCC)C(S(=O)(=O)N(C)c1ccccc1)S(=O)(=O)N(C)c1ccccc1. The van der Waals surface area contributed by atoms with Gasteiger partial charge in [-0.1, -0.05) is 36.4 Å². The summed E-state index contributed by atoms with van der Waals surface area (Å²) in [5.74, 6) is 0. The van der Waals surface area contributed by atoms with Crippen LogP contribution in [-0.4, -0.2) is 48.5 Å². The second kappa shape index (κ2) is 10.1. The molecule has 2 aromatic carbocycles. The van der Waals surface area contributed by atoms with E-state index in [1.54, 1.807) is 36.4 Å². The summed E-state index contributed by atoms with van der Waals surface area (Å²) in [4.78, 5) is 0. The van der Waals surface area contributed by atoms with Crippen molar-refractivity contribution >= 4 is 39.0 Å². The molecule has 172 valence electrons. The standard InChI is InChI=1S/C19H27N2O7PS2/c1-5-27-29(22,28-6-2)19(30(23,24)20(3)17-13-9-7-10-14-17)31(25,26)21(4)18-15-11-8-12-16-18/h7-16,19H,5-6H2,1-4H3. The third-order valence-corrected chi connectivity index (χ3v) is 13.7. The first-order valence-corrected chi connectivity index (χ1v) is 14.1. The lowest BCUT2D eigenvalue weighted by atomic mass is 10.3. The Balaban J connectivity index is 2.73. The van der Waals surface area contributed by atoms with Crippen molar-refractivity contribution in [3.8, 4) is 0 Å². The van der Waals surface area contributed by atoms with Crippen LogP contribution in [-0.2, 0) is 33.7 Å². The minimum Gasteiger partial charge on any atom is -0.307 e. The van der Waals surface area contributed by atoms with E-state index in [0.717, 1.165) is 8.61 Å². The number of hydrogen-bond acceptors (Lipinski definition) is 7. The number of rotatable bonds is 11. The average molecular weight is 491 g/mol. The molecule has 12 heteroatoms. The van der Waals surface area contributed by atoms with E-state index in [1.165, 1.54) is 52.2 Å². The van der Waals surface area contributed by atoms with Gasteiger partial charge in [0.05, 0.1) is 24.6 Å². The topological polar surface area (TPSA) is 110 Å². The van der Waals surface area contributed by atoms with E-state index in [2.05, 4.69) is 0 Å². The molecule has 0 aliphatic carbocycles. The summed E-state index contributed by atoms with van der Waals surface area (Å²) in [6.07, 6.45) is 0. The van der Waals surface area contributed by atoms with Crippen LogP contribution in [0.5, 0.6) is 0 Å². The molecule has 0 unspecified atom stereocenters. The molecular weight excluding hydrogens is 463 g/mol. The van der Waals surface area contributed by atoms with E-state index in [4.69, 9.17) is 9.05 Å². The zero-order valence-corrected chi connectivity index (χ0v) is 20.3. The van der Waals surface area contributed by atoms with Crippen molar-refractivity contribution < 1.29 is 30.4 Å². The van der Waals surface area contributed by atoms with Crippen molar-refractivity contribution in [2.75, 3.05) is 35.9 Å². The minimum absolute atomic E-state index is 0.199. The normalized spacial score (nSPS) is 12.7. The maximum atomic E-state index is 13.6. The van der Waals surface area contributed by atoms with Gasteiger partial charge in [-0.25, -0.2) is 16.8 Å². The Bertz CT molecular complexity index is 1020. The van der Waals surface area contributed by atoms with Gasteiger partial charge in [0.25, 0.3) is 24.4 Å². The van der Waals surface area contributed by atoms with E-state index in [-0.39, 0.29) is 24.6 Å². The fourth-order valence-electron chi connectivity index (χ4n) is 2.84. The first-order chi connectivity index (χ1) is 14.5. The molecule has 0 aromatic heterocycles. The van der Waals surface area contributed by atoms with Crippen LogP contribution in [0.3, 0.4) is 0 Å². The summed E-state index contributed by atoms with van der Waals surface area (Å²) in [6.45, 7) is 2.54. The van der Waals surface area contributed by atoms with Gasteiger partial charge in [0.1, 0.15) is 0 Å². The van der Waals surface area contributed by atoms with Crippen molar-refractivity contribution in [2.24, 2.45) is 0 Å². The van der Waals surface area contributed by atoms with Crippen molar-refractivity contribution in [2.45, 2.75) is 18.2 Å². The third-order valence-electron chi connectivity index (χ3n) is 4.39. The molecule has 0 bridgehead atoms. The molecule has 0 heterocycles. The smallest absolute Gasteiger partial charge is 0.307 e. The maximum absolute atomic E-state index is 13.6. The molecule has 2 aromatic rings. The Labute approximate surface area is 184 Å². The molecule has 9 nitrogen and oxygen atoms in total. The Kier molecular flexibility index (Phi) is 8.29. The highest BCUT2D eigenvalue weighted by atomic mass is 32.3. The molecule has 0 saturated heterocycles. The van der Waals surface area contributed by atoms with Gasteiger partial charge in [0.2, 0.25) is 0 Å². The monoisotopic (exact) mass is 490 g/mol. The highest BCUT2D eigenvalue weighted by molar-refractivity contribution is 8.17. The quantitative estimate of drug-likeness (QED) is 0.444. The second-order valence-electron chi connectivity index (χ2n) is 6.38. The summed E-state index contributed by atoms with van der Waals surface area (Å²) in [5, 5.41) is 0. The van der Waals surface area contributed by atoms with Crippen molar-refractivity contribution in [1.29, 1.82) is 0 Å². The number of nitrogens with zero attached hydrogens (tertiary/aromatic N) is 2. The Morgan fingerprint density at radius 1 is 0.742 bits per heavy atom. The minimum atomic E-state index is -4.78. The van der Waals surface area contributed by atoms with Gasteiger partial charge in [0.15, 0.2) is 0 Å². The molecule has 0 amide bonds. The highest BCUT2D eigenvalue weighted by Crippen LogP contribution is 2.58. The van der Waals surface area contributed by atoms with E-state index in [0.29, 0.717) is 0 Å². The second-order valence-corrected chi connectivity index (χ2v) is 13.6. The van der Waals surface area contributed by atoms with E-state index < -0.39 is 32.0 Å². The van der Waals surface area contributed by atoms with E-state index in [9.17, 15) is 21.4 Å². The number of benzene rings is 2. The van der Waals surface area contributed by atoms with E-state index in [1.807, 2.05) is 0 Å². The summed E-state index contributed by atoms with van der Waals surface area (Å²) in [5.41, 5.74) is 0.397. The Morgan fingerprint density at radius 2 is 1.06 bits per heavy atom. The van der Waals surface area contributed by atoms with Crippen LogP contribution in [0.1, 0.15) is 13.8 Å². The lowest BCUT2D eigenvalue weighted by molar-refractivity contribution is 0.221. The van der Waals surface area contributed by atoms with Crippen LogP contribution >= 0.6 is 7.60 Å². The Morgan fingerprint density at radius 3 is 1.35 bits per heavy atom. The highest BCUT2D eigenvalue weighted by Gasteiger charge is 2.57. The predicted molar refractivity (Wildman–Crippen MR) is 122 cm³/mol. The van der Waals surface area contributed by atoms with Crippen LogP contribution in [0.25, 0.3) is 0 Å². The van der Waals surface area contributed by atoms with Crippen LogP contribution in [0, 0.1) is 0 Å². The van der Waals surface area contributed by atoms with Crippen LogP contribution in [0.2, 0.25) is 0 Å². The fraction of sp³-hybridized carbons (Fsp3) is 0.368. The van der Waals surface area contributed by atoms with Gasteiger partial charge in [-0.15, -0.1) is 0 Å². The predicted octanol–water partition coefficient (Wildman–Crippen LogP) is 3.47. The largest absolute Gasteiger partial charge is 0.368 e. The molecule has 0 aliphatic heterocycles. The van der Waals surface area contributed by atoms with E-state index >= 15 is 0 Å². The van der Waals surface area contributed by atoms with Gasteiger partial charge in [-0.2, -0.15) is 0 Å². The molecular formula is C19H27N2O7PS2. The number of para-hydroxylation sites is 2. The molecule has 0 fully saturated rings. The molecule has 0 aliphatic rings. The molecule has 2 rings (SSSR count). The summed E-state index contributed by atoms with van der Waals surface area (Å²) >= 11 is 0. The molecule has 31 heavy (non-hydrogen) atoms. The first kappa shape index (κ1) is 25.4. The summed E-state index contributed by atoms with van der Waals surface area (Å²) in [7, 11) is -11.8. The number of sulfonamides is 2. The maximum Gasteiger partial charge on any atom is 0.368 e. The lowest BCUT2D eigenvalue weighted by Gasteiger charge is -2.32. The van der Waals surface area contributed by atoms with Crippen LogP contribution in [0.4, 0.5) is 11.4 Å². The number of anilines is 2. The molecule has 0 spiro atoms. The zero-order chi connectivity index (χ0) is 23.3. The molecule has 0 atom stereocenters. The van der Waals surface area contributed by atoms with Crippen molar-refractivity contribution in [3.63, 3.8) is 0 Å². The molecule has 0 radical (unpaired) electrons. The van der Waals surface area contributed by atoms with Gasteiger partial charge < -0.3 is 9.05 Å². The summed E-state index contributed by atoms with van der Waals surface area (Å²) in [6, 6.07) is 15.8. The molecule has 0 N–H and O–H groups in total. The average Bonchev–Trinajstić information content (AvgIpc) is 2.73. The van der Waals surface area contributed by atoms with Gasteiger partial charge >= 0.3 is 7.60 Å². The molecule has 0 saturated carbocycles. The number of hydrogen-bond donors (Lipinski definition) is 0. The van der Waals surface area contributed by atoms with Gasteiger partial charge in [0, 0.05) is 14.1 Å². The van der Waals surface area contributed by atoms with Crippen LogP contribution in [0.15, 0.2) is 60.7 Å². The summed E-state index contributed by atoms with van der Waals surface area (Å²) < 4.78 is 77.5. The van der Waals surface area contributed by atoms with Crippen LogP contribution < -0.4 is 8.61 Å². The zero-order valence-electron chi connectivity index (χ0n) is 17.8. The third kappa shape index (κ3) is 5.30. The van der Waals surface area contributed by atoms with Gasteiger partial charge in [-0.05, 0) is 38.1 Å². The van der Waals surface area contributed by atoms with Crippen molar-refractivity contribution in [3.05, 3.63) is 60.7 Å². The fourth-order valence-corrected chi connectivity index (χ4v) is 11.4.